The Hall–Kier alpha value is -1.85. The van der Waals surface area contributed by atoms with Crippen LogP contribution in [0.5, 0.6) is 0 Å². The van der Waals surface area contributed by atoms with Crippen molar-refractivity contribution < 1.29 is 4.79 Å². The van der Waals surface area contributed by atoms with Crippen LogP contribution in [-0.2, 0) is 4.79 Å². The highest BCUT2D eigenvalue weighted by molar-refractivity contribution is 5.96. The van der Waals surface area contributed by atoms with E-state index in [1.165, 1.54) is 0 Å². The number of nitrogens with two attached hydrogens (primary N) is 1. The summed E-state index contributed by atoms with van der Waals surface area (Å²) >= 11 is 0. The van der Waals surface area contributed by atoms with E-state index < -0.39 is 0 Å². The van der Waals surface area contributed by atoms with Crippen LogP contribution in [0.1, 0.15) is 25.7 Å². The third kappa shape index (κ3) is 3.15. The number of anilines is 1. The molecule has 0 bridgehead atoms. The van der Waals surface area contributed by atoms with Crippen LogP contribution in [0, 0.1) is 5.41 Å². The molecule has 0 atom stereocenters. The van der Waals surface area contributed by atoms with Crippen molar-refractivity contribution in [3.05, 3.63) is 36.5 Å². The maximum absolute atomic E-state index is 12.6. The number of amides is 1. The van der Waals surface area contributed by atoms with E-state index in [9.17, 15) is 4.79 Å². The zero-order valence-electron chi connectivity index (χ0n) is 12.3. The molecule has 2 aromatic rings. The lowest BCUT2D eigenvalue weighted by Gasteiger charge is -2.25. The fourth-order valence-corrected chi connectivity index (χ4v) is 3.02. The summed E-state index contributed by atoms with van der Waals surface area (Å²) in [5.74, 6) is 0.0456. The van der Waals surface area contributed by atoms with Gasteiger partial charge in [0.05, 0.1) is 11.1 Å². The number of benzene rings is 1. The first-order chi connectivity index (χ1) is 10.2. The lowest BCUT2D eigenvalue weighted by atomic mass is 9.85. The SMILES string of the molecule is Cl.NCC1(C(=O)Nc2cccc(-c3ccn[nH]3)c2)CCCC1. The van der Waals surface area contributed by atoms with E-state index in [0.717, 1.165) is 42.6 Å². The first-order valence-corrected chi connectivity index (χ1v) is 7.35. The molecule has 118 valence electrons. The maximum atomic E-state index is 12.6. The first kappa shape index (κ1) is 16.5. The van der Waals surface area contributed by atoms with Crippen molar-refractivity contribution in [2.45, 2.75) is 25.7 Å². The molecule has 4 N–H and O–H groups in total. The summed E-state index contributed by atoms with van der Waals surface area (Å²) in [6.45, 7) is 0.416. The van der Waals surface area contributed by atoms with E-state index in [0.29, 0.717) is 6.54 Å². The Balaban J connectivity index is 0.00000176. The zero-order chi connectivity index (χ0) is 14.7. The Morgan fingerprint density at radius 1 is 1.32 bits per heavy atom. The van der Waals surface area contributed by atoms with Crippen LogP contribution in [-0.4, -0.2) is 22.6 Å². The van der Waals surface area contributed by atoms with Gasteiger partial charge in [-0.1, -0.05) is 25.0 Å². The van der Waals surface area contributed by atoms with Gasteiger partial charge in [-0.15, -0.1) is 12.4 Å². The molecule has 1 saturated carbocycles. The molecular weight excluding hydrogens is 300 g/mol. The molecule has 0 aliphatic heterocycles. The quantitative estimate of drug-likeness (QED) is 0.809. The van der Waals surface area contributed by atoms with Crippen molar-refractivity contribution in [1.29, 1.82) is 0 Å². The summed E-state index contributed by atoms with van der Waals surface area (Å²) in [5, 5.41) is 9.90. The fourth-order valence-electron chi connectivity index (χ4n) is 3.02. The number of carbonyl (C=O) groups excluding carboxylic acids is 1. The van der Waals surface area contributed by atoms with Crippen molar-refractivity contribution >= 4 is 24.0 Å². The molecule has 5 nitrogen and oxygen atoms in total. The van der Waals surface area contributed by atoms with Crippen molar-refractivity contribution in [2.24, 2.45) is 11.1 Å². The van der Waals surface area contributed by atoms with Crippen LogP contribution < -0.4 is 11.1 Å². The molecule has 3 rings (SSSR count). The minimum absolute atomic E-state index is 0. The fraction of sp³-hybridized carbons (Fsp3) is 0.375. The van der Waals surface area contributed by atoms with Crippen LogP contribution in [0.2, 0.25) is 0 Å². The molecule has 0 saturated heterocycles. The number of hydrogen-bond donors (Lipinski definition) is 3. The Bertz CT molecular complexity index is 621. The third-order valence-electron chi connectivity index (χ3n) is 4.37. The van der Waals surface area contributed by atoms with Gasteiger partial charge in [0.2, 0.25) is 5.91 Å². The van der Waals surface area contributed by atoms with Gasteiger partial charge in [-0.25, -0.2) is 0 Å². The highest BCUT2D eigenvalue weighted by atomic mass is 35.5. The Kier molecular flexibility index (Phi) is 5.21. The molecule has 0 radical (unpaired) electrons. The van der Waals surface area contributed by atoms with E-state index in [1.54, 1.807) is 6.20 Å². The van der Waals surface area contributed by atoms with Crippen LogP contribution >= 0.6 is 12.4 Å². The minimum Gasteiger partial charge on any atom is -0.329 e. The largest absolute Gasteiger partial charge is 0.329 e. The lowest BCUT2D eigenvalue weighted by Crippen LogP contribution is -2.40. The lowest BCUT2D eigenvalue weighted by molar-refractivity contribution is -0.124. The van der Waals surface area contributed by atoms with E-state index >= 15 is 0 Å². The van der Waals surface area contributed by atoms with Gasteiger partial charge in [0.1, 0.15) is 0 Å². The maximum Gasteiger partial charge on any atom is 0.231 e. The van der Waals surface area contributed by atoms with Crippen molar-refractivity contribution in [3.8, 4) is 11.3 Å². The standard InChI is InChI=1S/C16H20N4O.ClH/c17-11-16(7-1-2-8-16)15(21)19-13-5-3-4-12(10-13)14-6-9-18-20-14;/h3-6,9-10H,1-2,7-8,11,17H2,(H,18,20)(H,19,21);1H. The summed E-state index contributed by atoms with van der Waals surface area (Å²) in [4.78, 5) is 12.6. The van der Waals surface area contributed by atoms with Gasteiger partial charge in [0.25, 0.3) is 0 Å². The van der Waals surface area contributed by atoms with E-state index in [4.69, 9.17) is 5.73 Å². The number of aromatic amines is 1. The molecule has 1 aromatic heterocycles. The van der Waals surface area contributed by atoms with Gasteiger partial charge in [-0.3, -0.25) is 9.89 Å². The number of halogens is 1. The average Bonchev–Trinajstić information content (AvgIpc) is 3.20. The number of rotatable bonds is 4. The van der Waals surface area contributed by atoms with Crippen molar-refractivity contribution in [1.82, 2.24) is 10.2 Å². The highest BCUT2D eigenvalue weighted by Crippen LogP contribution is 2.38. The van der Waals surface area contributed by atoms with Crippen LogP contribution in [0.4, 0.5) is 5.69 Å². The average molecular weight is 321 g/mol. The smallest absolute Gasteiger partial charge is 0.231 e. The molecular formula is C16H21ClN4O. The second-order valence-corrected chi connectivity index (χ2v) is 5.70. The molecule has 1 aliphatic carbocycles. The minimum atomic E-state index is -0.385. The number of carbonyl (C=O) groups is 1. The second-order valence-electron chi connectivity index (χ2n) is 5.70. The summed E-state index contributed by atoms with van der Waals surface area (Å²) in [6.07, 6.45) is 5.64. The number of nitrogens with zero attached hydrogens (tertiary/aromatic N) is 1. The summed E-state index contributed by atoms with van der Waals surface area (Å²) in [7, 11) is 0. The molecule has 6 heteroatoms. The zero-order valence-corrected chi connectivity index (χ0v) is 13.2. The molecule has 1 aromatic carbocycles. The van der Waals surface area contributed by atoms with Gasteiger partial charge < -0.3 is 11.1 Å². The second kappa shape index (κ2) is 6.94. The number of H-pyrrole nitrogens is 1. The van der Waals surface area contributed by atoms with Crippen LogP contribution in [0.15, 0.2) is 36.5 Å². The third-order valence-corrected chi connectivity index (χ3v) is 4.37. The van der Waals surface area contributed by atoms with Gasteiger partial charge in [0.15, 0.2) is 0 Å². The van der Waals surface area contributed by atoms with Crippen LogP contribution in [0.25, 0.3) is 11.3 Å². The normalized spacial score (nSPS) is 16.0. The Morgan fingerprint density at radius 3 is 2.73 bits per heavy atom. The van der Waals surface area contributed by atoms with Gasteiger partial charge in [-0.2, -0.15) is 5.10 Å². The molecule has 22 heavy (non-hydrogen) atoms. The predicted octanol–water partition coefficient (Wildman–Crippen LogP) is 2.96. The number of aromatic nitrogens is 2. The van der Waals surface area contributed by atoms with Crippen LogP contribution in [0.3, 0.4) is 0 Å². The first-order valence-electron chi connectivity index (χ1n) is 7.35. The number of hydrogen-bond acceptors (Lipinski definition) is 3. The molecule has 1 aliphatic rings. The van der Waals surface area contributed by atoms with E-state index in [1.807, 2.05) is 30.3 Å². The van der Waals surface area contributed by atoms with Gasteiger partial charge in [0, 0.05) is 24.0 Å². The highest BCUT2D eigenvalue weighted by Gasteiger charge is 2.39. The summed E-state index contributed by atoms with van der Waals surface area (Å²) in [6, 6.07) is 9.66. The molecule has 1 heterocycles. The van der Waals surface area contributed by atoms with Gasteiger partial charge in [-0.05, 0) is 31.0 Å². The Labute approximate surface area is 136 Å². The predicted molar refractivity (Wildman–Crippen MR) is 89.9 cm³/mol. The van der Waals surface area contributed by atoms with Crippen molar-refractivity contribution in [2.75, 3.05) is 11.9 Å². The summed E-state index contributed by atoms with van der Waals surface area (Å²) in [5.41, 5.74) is 8.20. The number of nitrogens with one attached hydrogen (secondary N) is 2. The molecule has 0 spiro atoms. The summed E-state index contributed by atoms with van der Waals surface area (Å²) < 4.78 is 0. The topological polar surface area (TPSA) is 83.8 Å². The van der Waals surface area contributed by atoms with Gasteiger partial charge >= 0.3 is 0 Å². The Morgan fingerprint density at radius 2 is 2.09 bits per heavy atom. The van der Waals surface area contributed by atoms with E-state index in [2.05, 4.69) is 15.5 Å². The van der Waals surface area contributed by atoms with E-state index in [-0.39, 0.29) is 23.7 Å². The molecule has 1 fully saturated rings. The molecule has 0 unspecified atom stereocenters. The monoisotopic (exact) mass is 320 g/mol. The molecule has 1 amide bonds. The van der Waals surface area contributed by atoms with Crippen molar-refractivity contribution in [3.63, 3.8) is 0 Å².